The van der Waals surface area contributed by atoms with Crippen molar-refractivity contribution in [2.45, 2.75) is 39.3 Å². The van der Waals surface area contributed by atoms with Gasteiger partial charge in [-0.1, -0.05) is 18.2 Å². The van der Waals surface area contributed by atoms with Crippen LogP contribution >= 0.6 is 0 Å². The number of nitrogens with zero attached hydrogens (tertiary/aromatic N) is 4. The van der Waals surface area contributed by atoms with Crippen molar-refractivity contribution in [2.24, 2.45) is 0 Å². The Hall–Kier alpha value is -4.67. The van der Waals surface area contributed by atoms with E-state index in [0.29, 0.717) is 24.0 Å². The van der Waals surface area contributed by atoms with E-state index in [1.807, 2.05) is 13.0 Å². The molecule has 11 heteroatoms. The lowest BCUT2D eigenvalue weighted by molar-refractivity contribution is 0.0599. The quantitative estimate of drug-likeness (QED) is 0.377. The number of carbonyl (C=O) groups is 3. The number of aromatic nitrogens is 4. The maximum absolute atomic E-state index is 13.5. The average Bonchev–Trinajstić information content (AvgIpc) is 3.56. The van der Waals surface area contributed by atoms with Crippen LogP contribution in [0.1, 0.15) is 71.6 Å². The zero-order valence-corrected chi connectivity index (χ0v) is 21.0. The Labute approximate surface area is 217 Å². The van der Waals surface area contributed by atoms with Gasteiger partial charge in [0.05, 0.1) is 18.7 Å². The van der Waals surface area contributed by atoms with Crippen LogP contribution in [0.2, 0.25) is 0 Å². The van der Waals surface area contributed by atoms with E-state index in [2.05, 4.69) is 25.8 Å². The van der Waals surface area contributed by atoms with Crippen LogP contribution in [0.5, 0.6) is 0 Å². The molecule has 38 heavy (non-hydrogen) atoms. The molecule has 0 bridgehead atoms. The number of ether oxygens (including phenoxy) is 1. The Bertz CT molecular complexity index is 1600. The van der Waals surface area contributed by atoms with Gasteiger partial charge in [0.25, 0.3) is 17.6 Å². The third-order valence-corrected chi connectivity index (χ3v) is 6.83. The summed E-state index contributed by atoms with van der Waals surface area (Å²) < 4.78 is 19.8. The lowest BCUT2D eigenvalue weighted by atomic mass is 9.98. The van der Waals surface area contributed by atoms with Crippen LogP contribution in [0.3, 0.4) is 0 Å². The highest BCUT2D eigenvalue weighted by Crippen LogP contribution is 2.35. The Morgan fingerprint density at radius 3 is 2.71 bits per heavy atom. The van der Waals surface area contributed by atoms with Gasteiger partial charge in [-0.05, 0) is 72.7 Å². The molecule has 0 saturated carbocycles. The summed E-state index contributed by atoms with van der Waals surface area (Å²) in [7, 11) is 1.34. The highest BCUT2D eigenvalue weighted by Gasteiger charge is 2.29. The van der Waals surface area contributed by atoms with E-state index in [-0.39, 0.29) is 35.6 Å². The van der Waals surface area contributed by atoms with Crippen molar-refractivity contribution in [1.29, 1.82) is 0 Å². The molecule has 10 nitrogen and oxygen atoms in total. The van der Waals surface area contributed by atoms with Crippen LogP contribution < -0.4 is 10.6 Å². The molecule has 0 aliphatic heterocycles. The van der Waals surface area contributed by atoms with E-state index < -0.39 is 17.8 Å². The fraction of sp³-hybridized carbons (Fsp3) is 0.259. The third-order valence-electron chi connectivity index (χ3n) is 6.83. The second-order valence-corrected chi connectivity index (χ2v) is 9.16. The largest absolute Gasteiger partial charge is 0.465 e. The second-order valence-electron chi connectivity index (χ2n) is 9.16. The monoisotopic (exact) mass is 516 g/mol. The fourth-order valence-electron chi connectivity index (χ4n) is 4.79. The number of fused-ring (bicyclic) bond motifs is 2. The van der Waals surface area contributed by atoms with Gasteiger partial charge in [-0.25, -0.2) is 14.2 Å². The molecule has 2 aromatic carbocycles. The first-order valence-corrected chi connectivity index (χ1v) is 12.0. The van der Waals surface area contributed by atoms with Crippen LogP contribution in [0.4, 0.5) is 4.39 Å². The Kier molecular flexibility index (Phi) is 6.58. The molecule has 5 rings (SSSR count). The van der Waals surface area contributed by atoms with Crippen LogP contribution in [0.25, 0.3) is 5.78 Å². The number of amides is 2. The lowest BCUT2D eigenvalue weighted by Gasteiger charge is -2.16. The van der Waals surface area contributed by atoms with Crippen molar-refractivity contribution >= 4 is 23.6 Å². The molecule has 0 radical (unpaired) electrons. The highest BCUT2D eigenvalue weighted by atomic mass is 19.1. The Morgan fingerprint density at radius 2 is 1.95 bits per heavy atom. The van der Waals surface area contributed by atoms with Gasteiger partial charge in [0.2, 0.25) is 0 Å². The normalized spacial score (nSPS) is 14.3. The number of halogens is 1. The molecule has 2 aromatic heterocycles. The topological polar surface area (TPSA) is 128 Å². The standard InChI is InChI=1S/C27H25FN6O4/c1-14-10-16(4-8-20(14)28)12-29-24(35)22-11-23(34-13-30-33-27(34)32-22)25(36)31-21-9-7-17-15(2)18(26(37)38-3)5-6-19(17)21/h4-6,8,10-11,13,21H,7,9,12H2,1-3H3,(H,29,35)(H,31,36)/t21-/m0/s1. The molecule has 0 unspecified atom stereocenters. The summed E-state index contributed by atoms with van der Waals surface area (Å²) in [5.74, 6) is -1.55. The predicted octanol–water partition coefficient (Wildman–Crippen LogP) is 3.01. The van der Waals surface area contributed by atoms with E-state index in [9.17, 15) is 18.8 Å². The molecule has 2 amide bonds. The van der Waals surface area contributed by atoms with Crippen molar-refractivity contribution in [3.63, 3.8) is 0 Å². The first-order valence-electron chi connectivity index (χ1n) is 12.0. The van der Waals surface area contributed by atoms with Gasteiger partial charge in [-0.3, -0.25) is 14.0 Å². The minimum Gasteiger partial charge on any atom is -0.465 e. The van der Waals surface area contributed by atoms with Crippen LogP contribution in [-0.4, -0.2) is 44.5 Å². The van der Waals surface area contributed by atoms with E-state index in [1.165, 1.54) is 30.0 Å². The number of hydrogen-bond donors (Lipinski definition) is 2. The number of hydrogen-bond acceptors (Lipinski definition) is 7. The van der Waals surface area contributed by atoms with Crippen LogP contribution in [0.15, 0.2) is 42.7 Å². The summed E-state index contributed by atoms with van der Waals surface area (Å²) in [6.45, 7) is 3.68. The molecule has 2 heterocycles. The van der Waals surface area contributed by atoms with E-state index in [0.717, 1.165) is 22.3 Å². The SMILES string of the molecule is COC(=O)c1ccc2c(c1C)CC[C@@H]2NC(=O)c1cc(C(=O)NCc2ccc(F)c(C)c2)nc2nncn12. The number of methoxy groups -OCH3 is 1. The molecule has 4 aromatic rings. The Morgan fingerprint density at radius 1 is 1.13 bits per heavy atom. The summed E-state index contributed by atoms with van der Waals surface area (Å²) in [6.07, 6.45) is 2.72. The summed E-state index contributed by atoms with van der Waals surface area (Å²) in [4.78, 5) is 42.6. The van der Waals surface area contributed by atoms with Gasteiger partial charge in [-0.2, -0.15) is 0 Å². The molecule has 1 aliphatic carbocycles. The van der Waals surface area contributed by atoms with Gasteiger partial charge < -0.3 is 15.4 Å². The van der Waals surface area contributed by atoms with E-state index in [1.54, 1.807) is 25.1 Å². The van der Waals surface area contributed by atoms with Crippen molar-refractivity contribution in [1.82, 2.24) is 30.2 Å². The molecule has 2 N–H and O–H groups in total. The van der Waals surface area contributed by atoms with Crippen molar-refractivity contribution in [2.75, 3.05) is 7.11 Å². The van der Waals surface area contributed by atoms with Crippen molar-refractivity contribution in [3.05, 3.63) is 93.3 Å². The summed E-state index contributed by atoms with van der Waals surface area (Å²) >= 11 is 0. The molecular formula is C27H25FN6O4. The van der Waals surface area contributed by atoms with Crippen LogP contribution in [0, 0.1) is 19.7 Å². The minimum absolute atomic E-state index is 0.000120. The number of aryl methyl sites for hydroxylation is 1. The smallest absolute Gasteiger partial charge is 0.338 e. The van der Waals surface area contributed by atoms with Crippen LogP contribution in [-0.2, 0) is 17.7 Å². The summed E-state index contributed by atoms with van der Waals surface area (Å²) in [5.41, 5.74) is 4.65. The van der Waals surface area contributed by atoms with Gasteiger partial charge >= 0.3 is 5.97 Å². The average molecular weight is 517 g/mol. The summed E-state index contributed by atoms with van der Waals surface area (Å²) in [5, 5.41) is 13.5. The van der Waals surface area contributed by atoms with E-state index >= 15 is 0 Å². The predicted molar refractivity (Wildman–Crippen MR) is 134 cm³/mol. The zero-order valence-electron chi connectivity index (χ0n) is 21.0. The highest BCUT2D eigenvalue weighted by molar-refractivity contribution is 5.98. The zero-order chi connectivity index (χ0) is 27.0. The number of benzene rings is 2. The first-order chi connectivity index (χ1) is 18.3. The van der Waals surface area contributed by atoms with Crippen molar-refractivity contribution < 1.29 is 23.5 Å². The van der Waals surface area contributed by atoms with Gasteiger partial charge in [0.15, 0.2) is 0 Å². The van der Waals surface area contributed by atoms with E-state index in [4.69, 9.17) is 4.74 Å². The number of rotatable bonds is 6. The molecule has 194 valence electrons. The van der Waals surface area contributed by atoms with Crippen molar-refractivity contribution in [3.8, 4) is 0 Å². The third kappa shape index (κ3) is 4.58. The number of carbonyl (C=O) groups excluding carboxylic acids is 3. The molecular weight excluding hydrogens is 491 g/mol. The number of nitrogens with one attached hydrogen (secondary N) is 2. The molecule has 0 fully saturated rings. The second kappa shape index (κ2) is 10.0. The minimum atomic E-state index is -0.510. The first kappa shape index (κ1) is 25.0. The molecule has 0 spiro atoms. The van der Waals surface area contributed by atoms with Gasteiger partial charge in [0.1, 0.15) is 23.5 Å². The molecule has 1 atom stereocenters. The van der Waals surface area contributed by atoms with Gasteiger partial charge in [-0.15, -0.1) is 10.2 Å². The molecule has 1 aliphatic rings. The lowest BCUT2D eigenvalue weighted by Crippen LogP contribution is -2.30. The Balaban J connectivity index is 1.37. The molecule has 0 saturated heterocycles. The van der Waals surface area contributed by atoms with Gasteiger partial charge in [0, 0.05) is 6.54 Å². The maximum atomic E-state index is 13.5. The maximum Gasteiger partial charge on any atom is 0.338 e. The fourth-order valence-corrected chi connectivity index (χ4v) is 4.79. The summed E-state index contributed by atoms with van der Waals surface area (Å²) in [6, 6.07) is 9.24. The number of esters is 1.